The third-order valence-electron chi connectivity index (χ3n) is 2.92. The summed E-state index contributed by atoms with van der Waals surface area (Å²) in [7, 11) is 3.51. The van der Waals surface area contributed by atoms with E-state index < -0.39 is 0 Å². The monoisotopic (exact) mass is 274 g/mol. The Hall–Kier alpha value is -2.21. The van der Waals surface area contributed by atoms with E-state index in [1.807, 2.05) is 19.2 Å². The van der Waals surface area contributed by atoms with Gasteiger partial charge in [-0.3, -0.25) is 4.79 Å². The number of hydrogen-bond acceptors (Lipinski definition) is 5. The van der Waals surface area contributed by atoms with E-state index in [1.165, 1.54) is 0 Å². The molecule has 0 aliphatic carbocycles. The van der Waals surface area contributed by atoms with Gasteiger partial charge < -0.3 is 15.2 Å². The van der Waals surface area contributed by atoms with Crippen LogP contribution >= 0.6 is 0 Å². The average Bonchev–Trinajstić information content (AvgIpc) is 2.96. The standard InChI is InChI=1S/C14H18N4O2/c1-15-9-3-4-12-17-13(18-20-12)10-5-7-11(8-6-10)14(19)16-2/h5-8,15H,3-4,9H2,1-2H3,(H,16,19). The normalized spacial score (nSPS) is 10.5. The number of amides is 1. The van der Waals surface area contributed by atoms with E-state index in [4.69, 9.17) is 4.52 Å². The Bertz CT molecular complexity index is 563. The minimum Gasteiger partial charge on any atom is -0.355 e. The Balaban J connectivity index is 2.06. The number of rotatable bonds is 6. The summed E-state index contributed by atoms with van der Waals surface area (Å²) in [5, 5.41) is 9.60. The van der Waals surface area contributed by atoms with Gasteiger partial charge in [0.1, 0.15) is 0 Å². The molecule has 106 valence electrons. The second kappa shape index (κ2) is 6.81. The lowest BCUT2D eigenvalue weighted by Gasteiger charge is -1.99. The van der Waals surface area contributed by atoms with Crippen molar-refractivity contribution in [2.75, 3.05) is 20.6 Å². The van der Waals surface area contributed by atoms with Gasteiger partial charge in [0.15, 0.2) is 0 Å². The van der Waals surface area contributed by atoms with Crippen molar-refractivity contribution < 1.29 is 9.32 Å². The van der Waals surface area contributed by atoms with Gasteiger partial charge in [0, 0.05) is 24.6 Å². The molecule has 0 bridgehead atoms. The number of aryl methyl sites for hydroxylation is 1. The third kappa shape index (κ3) is 3.42. The third-order valence-corrected chi connectivity index (χ3v) is 2.92. The highest BCUT2D eigenvalue weighted by molar-refractivity contribution is 5.94. The first-order chi connectivity index (χ1) is 9.74. The van der Waals surface area contributed by atoms with E-state index in [1.54, 1.807) is 19.2 Å². The summed E-state index contributed by atoms with van der Waals surface area (Å²) in [5.74, 6) is 1.07. The Morgan fingerprint density at radius 3 is 2.65 bits per heavy atom. The number of nitrogens with zero attached hydrogens (tertiary/aromatic N) is 2. The number of aromatic nitrogens is 2. The first kappa shape index (κ1) is 14.2. The van der Waals surface area contributed by atoms with E-state index in [9.17, 15) is 4.79 Å². The summed E-state index contributed by atoms with van der Waals surface area (Å²) in [6.45, 7) is 0.915. The van der Waals surface area contributed by atoms with Crippen LogP contribution in [0.4, 0.5) is 0 Å². The number of carbonyl (C=O) groups is 1. The van der Waals surface area contributed by atoms with E-state index in [0.29, 0.717) is 17.3 Å². The Morgan fingerprint density at radius 2 is 2.00 bits per heavy atom. The molecule has 1 aromatic carbocycles. The van der Waals surface area contributed by atoms with Crippen LogP contribution in [-0.2, 0) is 6.42 Å². The second-order valence-electron chi connectivity index (χ2n) is 4.38. The summed E-state index contributed by atoms with van der Waals surface area (Å²) < 4.78 is 5.20. The van der Waals surface area contributed by atoms with E-state index in [0.717, 1.165) is 24.9 Å². The van der Waals surface area contributed by atoms with Crippen molar-refractivity contribution in [3.63, 3.8) is 0 Å². The van der Waals surface area contributed by atoms with Gasteiger partial charge in [-0.25, -0.2) is 0 Å². The van der Waals surface area contributed by atoms with Crippen molar-refractivity contribution in [3.05, 3.63) is 35.7 Å². The molecule has 20 heavy (non-hydrogen) atoms. The smallest absolute Gasteiger partial charge is 0.251 e. The van der Waals surface area contributed by atoms with Gasteiger partial charge >= 0.3 is 0 Å². The molecule has 0 atom stereocenters. The fourth-order valence-corrected chi connectivity index (χ4v) is 1.81. The molecule has 1 aromatic heterocycles. The maximum atomic E-state index is 11.4. The zero-order valence-electron chi connectivity index (χ0n) is 11.6. The van der Waals surface area contributed by atoms with Gasteiger partial charge in [-0.05, 0) is 32.1 Å². The van der Waals surface area contributed by atoms with Gasteiger partial charge in [0.05, 0.1) is 0 Å². The average molecular weight is 274 g/mol. The van der Waals surface area contributed by atoms with Crippen LogP contribution in [0.1, 0.15) is 22.7 Å². The minimum atomic E-state index is -0.114. The molecule has 1 amide bonds. The maximum absolute atomic E-state index is 11.4. The van der Waals surface area contributed by atoms with Crippen LogP contribution in [0.3, 0.4) is 0 Å². The van der Waals surface area contributed by atoms with Crippen LogP contribution in [0.5, 0.6) is 0 Å². The Morgan fingerprint density at radius 1 is 1.25 bits per heavy atom. The molecule has 6 heteroatoms. The van der Waals surface area contributed by atoms with Crippen molar-refractivity contribution in [2.24, 2.45) is 0 Å². The number of hydrogen-bond donors (Lipinski definition) is 2. The molecule has 0 saturated heterocycles. The molecule has 0 aliphatic heterocycles. The van der Waals surface area contributed by atoms with Crippen molar-refractivity contribution in [1.82, 2.24) is 20.8 Å². The Labute approximate surface area is 117 Å². The molecule has 0 saturated carbocycles. The molecule has 0 unspecified atom stereocenters. The van der Waals surface area contributed by atoms with Gasteiger partial charge in [-0.15, -0.1) is 0 Å². The maximum Gasteiger partial charge on any atom is 0.251 e. The lowest BCUT2D eigenvalue weighted by Crippen LogP contribution is -2.17. The molecule has 2 N–H and O–H groups in total. The fraction of sp³-hybridized carbons (Fsp3) is 0.357. The first-order valence-corrected chi connectivity index (χ1v) is 6.54. The summed E-state index contributed by atoms with van der Waals surface area (Å²) in [6.07, 6.45) is 1.71. The highest BCUT2D eigenvalue weighted by Gasteiger charge is 2.09. The van der Waals surface area contributed by atoms with Crippen molar-refractivity contribution in [1.29, 1.82) is 0 Å². The topological polar surface area (TPSA) is 80.0 Å². The molecule has 0 fully saturated rings. The summed E-state index contributed by atoms with van der Waals surface area (Å²) >= 11 is 0. The zero-order chi connectivity index (χ0) is 14.4. The summed E-state index contributed by atoms with van der Waals surface area (Å²) in [4.78, 5) is 15.8. The zero-order valence-corrected chi connectivity index (χ0v) is 11.6. The summed E-state index contributed by atoms with van der Waals surface area (Å²) in [5.41, 5.74) is 1.44. The number of nitrogens with one attached hydrogen (secondary N) is 2. The van der Waals surface area contributed by atoms with Crippen molar-refractivity contribution >= 4 is 5.91 Å². The van der Waals surface area contributed by atoms with E-state index in [-0.39, 0.29) is 5.91 Å². The van der Waals surface area contributed by atoms with Gasteiger partial charge in [-0.1, -0.05) is 17.3 Å². The van der Waals surface area contributed by atoms with Gasteiger partial charge in [0.2, 0.25) is 11.7 Å². The molecule has 2 aromatic rings. The minimum absolute atomic E-state index is 0.114. The van der Waals surface area contributed by atoms with Gasteiger partial charge in [0.25, 0.3) is 5.91 Å². The highest BCUT2D eigenvalue weighted by atomic mass is 16.5. The number of carbonyl (C=O) groups excluding carboxylic acids is 1. The molecule has 2 rings (SSSR count). The van der Waals surface area contributed by atoms with Crippen LogP contribution in [0, 0.1) is 0 Å². The lowest BCUT2D eigenvalue weighted by atomic mass is 10.1. The highest BCUT2D eigenvalue weighted by Crippen LogP contribution is 2.17. The predicted molar refractivity (Wildman–Crippen MR) is 75.4 cm³/mol. The molecule has 6 nitrogen and oxygen atoms in total. The van der Waals surface area contributed by atoms with E-state index in [2.05, 4.69) is 20.8 Å². The lowest BCUT2D eigenvalue weighted by molar-refractivity contribution is 0.0963. The SMILES string of the molecule is CNCCCc1nc(-c2ccc(C(=O)NC)cc2)no1. The van der Waals surface area contributed by atoms with E-state index >= 15 is 0 Å². The first-order valence-electron chi connectivity index (χ1n) is 6.54. The molecular weight excluding hydrogens is 256 g/mol. The van der Waals surface area contributed by atoms with Crippen LogP contribution < -0.4 is 10.6 Å². The number of benzene rings is 1. The molecule has 1 heterocycles. The van der Waals surface area contributed by atoms with Crippen molar-refractivity contribution in [2.45, 2.75) is 12.8 Å². The van der Waals surface area contributed by atoms with Crippen LogP contribution in [0.25, 0.3) is 11.4 Å². The van der Waals surface area contributed by atoms with Crippen LogP contribution in [0.15, 0.2) is 28.8 Å². The molecule has 0 aliphatic rings. The van der Waals surface area contributed by atoms with Crippen LogP contribution in [0.2, 0.25) is 0 Å². The fourth-order valence-electron chi connectivity index (χ4n) is 1.81. The van der Waals surface area contributed by atoms with Crippen molar-refractivity contribution in [3.8, 4) is 11.4 Å². The molecule has 0 spiro atoms. The quantitative estimate of drug-likeness (QED) is 0.775. The summed E-state index contributed by atoms with van der Waals surface area (Å²) in [6, 6.07) is 7.11. The molecule has 0 radical (unpaired) electrons. The van der Waals surface area contributed by atoms with Gasteiger partial charge in [-0.2, -0.15) is 4.98 Å². The predicted octanol–water partition coefficient (Wildman–Crippen LogP) is 1.25. The largest absolute Gasteiger partial charge is 0.355 e. The Kier molecular flexibility index (Phi) is 4.84. The van der Waals surface area contributed by atoms with Crippen LogP contribution in [-0.4, -0.2) is 36.7 Å². The second-order valence-corrected chi connectivity index (χ2v) is 4.38. The molecular formula is C14H18N4O2.